The van der Waals surface area contributed by atoms with Crippen molar-refractivity contribution in [1.29, 1.82) is 0 Å². The lowest BCUT2D eigenvalue weighted by Crippen LogP contribution is -2.26. The van der Waals surface area contributed by atoms with Gasteiger partial charge in [0.1, 0.15) is 0 Å². The topological polar surface area (TPSA) is 24.1 Å². The highest BCUT2D eigenvalue weighted by molar-refractivity contribution is 4.49. The molecule has 0 bridgehead atoms. The molecule has 0 aliphatic carbocycles. The summed E-state index contributed by atoms with van der Waals surface area (Å²) in [4.78, 5) is 0. The minimum absolute atomic E-state index is 0.825. The molecule has 8 heavy (non-hydrogen) atoms. The van der Waals surface area contributed by atoms with E-state index in [1.165, 1.54) is 0 Å². The first kappa shape index (κ1) is 7.92. The van der Waals surface area contributed by atoms with Gasteiger partial charge in [-0.2, -0.15) is 0 Å². The molecule has 0 saturated carbocycles. The molecule has 49 valence electrons. The molecule has 0 saturated heterocycles. The molecule has 0 aromatic rings. The van der Waals surface area contributed by atoms with E-state index >= 15 is 0 Å². The molecule has 1 radical (unpaired) electrons. The van der Waals surface area contributed by atoms with E-state index in [1.54, 1.807) is 0 Å². The molecule has 2 nitrogen and oxygen atoms in total. The molecule has 0 spiro atoms. The van der Waals surface area contributed by atoms with Crippen molar-refractivity contribution in [1.82, 2.24) is 10.6 Å². The molecule has 2 heteroatoms. The van der Waals surface area contributed by atoms with Crippen LogP contribution in [-0.2, 0) is 0 Å². The largest absolute Gasteiger partial charge is 0.316 e. The first-order chi connectivity index (χ1) is 3.91. The third-order valence-electron chi connectivity index (χ3n) is 0.905. The van der Waals surface area contributed by atoms with Crippen LogP contribution in [0.5, 0.6) is 0 Å². The average molecular weight is 115 g/mol. The molecule has 0 heterocycles. The first-order valence-corrected chi connectivity index (χ1v) is 3.12. The predicted octanol–water partition coefficient (Wildman–Crippen LogP) is 0.0196. The third-order valence-corrected chi connectivity index (χ3v) is 0.905. The van der Waals surface area contributed by atoms with Gasteiger partial charge in [-0.25, -0.2) is 0 Å². The van der Waals surface area contributed by atoms with Crippen LogP contribution in [0.3, 0.4) is 0 Å². The molecule has 0 atom stereocenters. The molecular weight excluding hydrogens is 100 g/mol. The van der Waals surface area contributed by atoms with Gasteiger partial charge < -0.3 is 10.6 Å². The highest BCUT2D eigenvalue weighted by atomic mass is 14.9. The van der Waals surface area contributed by atoms with Crippen LogP contribution >= 0.6 is 0 Å². The Morgan fingerprint density at radius 2 is 1.88 bits per heavy atom. The Morgan fingerprint density at radius 1 is 1.25 bits per heavy atom. The van der Waals surface area contributed by atoms with Crippen LogP contribution in [-0.4, -0.2) is 26.2 Å². The molecule has 0 amide bonds. The minimum Gasteiger partial charge on any atom is -0.316 e. The van der Waals surface area contributed by atoms with Crippen molar-refractivity contribution < 1.29 is 0 Å². The van der Waals surface area contributed by atoms with Gasteiger partial charge >= 0.3 is 0 Å². The number of rotatable bonds is 5. The van der Waals surface area contributed by atoms with E-state index in [0.29, 0.717) is 0 Å². The first-order valence-electron chi connectivity index (χ1n) is 3.12. The van der Waals surface area contributed by atoms with E-state index in [9.17, 15) is 0 Å². The Labute approximate surface area is 51.7 Å². The van der Waals surface area contributed by atoms with Gasteiger partial charge in [-0.3, -0.25) is 0 Å². The maximum atomic E-state index is 3.64. The summed E-state index contributed by atoms with van der Waals surface area (Å²) in [5.41, 5.74) is 0. The van der Waals surface area contributed by atoms with Crippen LogP contribution in [0.1, 0.15) is 6.92 Å². The van der Waals surface area contributed by atoms with Gasteiger partial charge in [0.25, 0.3) is 0 Å². The zero-order chi connectivity index (χ0) is 6.24. The molecule has 0 aliphatic heterocycles. The summed E-state index contributed by atoms with van der Waals surface area (Å²) in [5.74, 6) is 0. The normalized spacial score (nSPS) is 9.75. The van der Waals surface area contributed by atoms with E-state index in [0.717, 1.165) is 26.2 Å². The molecule has 0 aliphatic rings. The summed E-state index contributed by atoms with van der Waals surface area (Å²) >= 11 is 0. The van der Waals surface area contributed by atoms with Gasteiger partial charge in [0.15, 0.2) is 0 Å². The lowest BCUT2D eigenvalue weighted by atomic mass is 10.6. The molecule has 0 fully saturated rings. The molecule has 0 aromatic heterocycles. The van der Waals surface area contributed by atoms with E-state index in [-0.39, 0.29) is 0 Å². The smallest absolute Gasteiger partial charge is 0.00767 e. The van der Waals surface area contributed by atoms with Gasteiger partial charge in [-0.05, 0) is 20.0 Å². The van der Waals surface area contributed by atoms with E-state index in [2.05, 4.69) is 24.5 Å². The van der Waals surface area contributed by atoms with Crippen molar-refractivity contribution in [3.05, 3.63) is 6.92 Å². The van der Waals surface area contributed by atoms with Crippen molar-refractivity contribution in [3.8, 4) is 0 Å². The third kappa shape index (κ3) is 5.92. The lowest BCUT2D eigenvalue weighted by Gasteiger charge is -1.99. The Bertz CT molecular complexity index is 31.5. The standard InChI is InChI=1S/C6H15N2/c1-3-7-5-6-8-4-2/h7-8H,1,3-6H2,2H3. The fourth-order valence-electron chi connectivity index (χ4n) is 0.479. The summed E-state index contributed by atoms with van der Waals surface area (Å²) in [6.07, 6.45) is 0. The monoisotopic (exact) mass is 115 g/mol. The maximum absolute atomic E-state index is 3.64. The second-order valence-electron chi connectivity index (χ2n) is 1.60. The van der Waals surface area contributed by atoms with Crippen molar-refractivity contribution in [2.45, 2.75) is 6.92 Å². The van der Waals surface area contributed by atoms with Gasteiger partial charge in [0.05, 0.1) is 0 Å². The van der Waals surface area contributed by atoms with E-state index in [1.807, 2.05) is 0 Å². The van der Waals surface area contributed by atoms with Crippen molar-refractivity contribution in [2.24, 2.45) is 0 Å². The van der Waals surface area contributed by atoms with Crippen LogP contribution < -0.4 is 10.6 Å². The van der Waals surface area contributed by atoms with Crippen LogP contribution in [0.25, 0.3) is 0 Å². The summed E-state index contributed by atoms with van der Waals surface area (Å²) in [5, 5.41) is 6.30. The van der Waals surface area contributed by atoms with Crippen molar-refractivity contribution in [2.75, 3.05) is 26.2 Å². The van der Waals surface area contributed by atoms with Crippen molar-refractivity contribution in [3.63, 3.8) is 0 Å². The number of hydrogen-bond donors (Lipinski definition) is 2. The van der Waals surface area contributed by atoms with E-state index in [4.69, 9.17) is 0 Å². The average Bonchev–Trinajstić information content (AvgIpc) is 1.81. The maximum Gasteiger partial charge on any atom is 0.00767 e. The second kappa shape index (κ2) is 6.92. The summed E-state index contributed by atoms with van der Waals surface area (Å²) in [7, 11) is 0. The molecule has 0 rings (SSSR count). The molecule has 2 N–H and O–H groups in total. The Kier molecular flexibility index (Phi) is 6.85. The lowest BCUT2D eigenvalue weighted by molar-refractivity contribution is 0.653. The number of hydrogen-bond acceptors (Lipinski definition) is 2. The quantitative estimate of drug-likeness (QED) is 0.494. The van der Waals surface area contributed by atoms with Gasteiger partial charge in [-0.15, -0.1) is 0 Å². The fraction of sp³-hybridized carbons (Fsp3) is 0.833. The van der Waals surface area contributed by atoms with Gasteiger partial charge in [0, 0.05) is 13.1 Å². The van der Waals surface area contributed by atoms with Gasteiger partial charge in [-0.1, -0.05) is 6.92 Å². The number of nitrogens with one attached hydrogen (secondary N) is 2. The Hall–Kier alpha value is -0.0800. The van der Waals surface area contributed by atoms with Crippen LogP contribution in [0.2, 0.25) is 0 Å². The molecule has 0 unspecified atom stereocenters. The highest BCUT2D eigenvalue weighted by Crippen LogP contribution is 1.56. The molecule has 0 aromatic carbocycles. The van der Waals surface area contributed by atoms with Crippen LogP contribution in [0, 0.1) is 6.92 Å². The fourth-order valence-corrected chi connectivity index (χ4v) is 0.479. The summed E-state index contributed by atoms with van der Waals surface area (Å²) in [6.45, 7) is 9.70. The zero-order valence-corrected chi connectivity index (χ0v) is 5.54. The van der Waals surface area contributed by atoms with Crippen molar-refractivity contribution >= 4 is 0 Å². The highest BCUT2D eigenvalue weighted by Gasteiger charge is 1.79. The van der Waals surface area contributed by atoms with E-state index < -0.39 is 0 Å². The van der Waals surface area contributed by atoms with Crippen LogP contribution in [0.4, 0.5) is 0 Å². The number of likely N-dealkylation sites (N-methyl/N-ethyl adjacent to an activating group) is 1. The molecular formula is C6H15N2. The van der Waals surface area contributed by atoms with Crippen LogP contribution in [0.15, 0.2) is 0 Å². The summed E-state index contributed by atoms with van der Waals surface area (Å²) < 4.78 is 0. The zero-order valence-electron chi connectivity index (χ0n) is 5.54. The Morgan fingerprint density at radius 3 is 2.38 bits per heavy atom. The summed E-state index contributed by atoms with van der Waals surface area (Å²) in [6, 6.07) is 0. The van der Waals surface area contributed by atoms with Gasteiger partial charge in [0.2, 0.25) is 0 Å². The minimum atomic E-state index is 0.825. The SMILES string of the molecule is [CH2]CNCCNCC. The predicted molar refractivity (Wildman–Crippen MR) is 36.8 cm³/mol. The second-order valence-corrected chi connectivity index (χ2v) is 1.60. The Balaban J connectivity index is 2.53.